The highest BCUT2D eigenvalue weighted by Crippen LogP contribution is 2.11. The Kier molecular flexibility index (Phi) is 6.41. The Bertz CT molecular complexity index is 304. The first kappa shape index (κ1) is 13.3. The summed E-state index contributed by atoms with van der Waals surface area (Å²) in [6.07, 6.45) is 0. The SMILES string of the molecule is CBr.CC(=N)c1ccccc1C(=N)Cl. The minimum atomic E-state index is -0.0165. The molecule has 0 bridgehead atoms. The molecule has 4 heteroatoms. The van der Waals surface area contributed by atoms with Crippen molar-refractivity contribution in [3.63, 3.8) is 0 Å². The van der Waals surface area contributed by atoms with Crippen molar-refractivity contribution in [1.82, 2.24) is 0 Å². The van der Waals surface area contributed by atoms with Crippen LogP contribution in [0.5, 0.6) is 0 Å². The van der Waals surface area contributed by atoms with Crippen LogP contribution in [0.3, 0.4) is 0 Å². The highest BCUT2D eigenvalue weighted by molar-refractivity contribution is 9.08. The van der Waals surface area contributed by atoms with Crippen molar-refractivity contribution in [2.75, 3.05) is 5.83 Å². The number of rotatable bonds is 2. The van der Waals surface area contributed by atoms with Gasteiger partial charge in [-0.2, -0.15) is 0 Å². The van der Waals surface area contributed by atoms with E-state index < -0.39 is 0 Å². The highest BCUT2D eigenvalue weighted by atomic mass is 79.9. The minimum absolute atomic E-state index is 0.0165. The maximum absolute atomic E-state index is 7.41. The fourth-order valence-electron chi connectivity index (χ4n) is 1.00. The normalized spacial score (nSPS) is 8.57. The predicted octanol–water partition coefficient (Wildman–Crippen LogP) is 3.65. The second-order valence-corrected chi connectivity index (χ2v) is 2.86. The van der Waals surface area contributed by atoms with Crippen molar-refractivity contribution in [1.29, 1.82) is 10.8 Å². The quantitative estimate of drug-likeness (QED) is 0.611. The number of hydrogen-bond donors (Lipinski definition) is 2. The molecule has 0 spiro atoms. The topological polar surface area (TPSA) is 47.7 Å². The molecule has 1 rings (SSSR count). The van der Waals surface area contributed by atoms with Crippen LogP contribution in [0.4, 0.5) is 0 Å². The molecule has 0 aliphatic rings. The van der Waals surface area contributed by atoms with Gasteiger partial charge in [-0.05, 0) is 12.8 Å². The van der Waals surface area contributed by atoms with E-state index in [1.165, 1.54) is 0 Å². The standard InChI is InChI=1S/C9H9ClN2.CH3Br/c1-6(11)7-4-2-3-5-8(7)9(10)12;1-2/h2-5,11-12H,1H3;1H3. The van der Waals surface area contributed by atoms with Crippen LogP contribution in [-0.4, -0.2) is 16.7 Å². The van der Waals surface area contributed by atoms with Crippen LogP contribution in [0.25, 0.3) is 0 Å². The van der Waals surface area contributed by atoms with Crippen LogP contribution in [0, 0.1) is 10.8 Å². The molecule has 0 atom stereocenters. The maximum atomic E-state index is 7.41. The Balaban J connectivity index is 0.000000791. The lowest BCUT2D eigenvalue weighted by Gasteiger charge is -2.03. The third kappa shape index (κ3) is 3.60. The van der Waals surface area contributed by atoms with Gasteiger partial charge in [0.05, 0.1) is 0 Å². The van der Waals surface area contributed by atoms with Crippen molar-refractivity contribution >= 4 is 38.4 Å². The number of hydrogen-bond acceptors (Lipinski definition) is 2. The highest BCUT2D eigenvalue weighted by Gasteiger charge is 2.05. The van der Waals surface area contributed by atoms with Gasteiger partial charge in [0.1, 0.15) is 5.17 Å². The summed E-state index contributed by atoms with van der Waals surface area (Å²) in [6, 6.07) is 7.16. The van der Waals surface area contributed by atoms with E-state index in [1.54, 1.807) is 25.1 Å². The summed E-state index contributed by atoms with van der Waals surface area (Å²) in [5, 5.41) is 14.6. The molecule has 2 nitrogen and oxygen atoms in total. The van der Waals surface area contributed by atoms with E-state index in [0.29, 0.717) is 11.3 Å². The summed E-state index contributed by atoms with van der Waals surface area (Å²) < 4.78 is 0. The van der Waals surface area contributed by atoms with Gasteiger partial charge in [-0.25, -0.2) is 0 Å². The van der Waals surface area contributed by atoms with Gasteiger partial charge < -0.3 is 5.41 Å². The first-order chi connectivity index (χ1) is 6.63. The molecule has 0 aromatic heterocycles. The van der Waals surface area contributed by atoms with Gasteiger partial charge in [0.15, 0.2) is 0 Å². The number of halogens is 2. The zero-order chi connectivity index (χ0) is 11.1. The largest absolute Gasteiger partial charge is 0.305 e. The van der Waals surface area contributed by atoms with E-state index in [1.807, 2.05) is 11.9 Å². The molecule has 0 radical (unpaired) electrons. The van der Waals surface area contributed by atoms with Crippen molar-refractivity contribution in [2.45, 2.75) is 6.92 Å². The Morgan fingerprint density at radius 3 is 1.86 bits per heavy atom. The lowest BCUT2D eigenvalue weighted by atomic mass is 10.1. The monoisotopic (exact) mass is 274 g/mol. The molecule has 0 heterocycles. The average Bonchev–Trinajstić information content (AvgIpc) is 2.20. The molecule has 0 saturated carbocycles. The van der Waals surface area contributed by atoms with Gasteiger partial charge >= 0.3 is 0 Å². The van der Waals surface area contributed by atoms with Crippen molar-refractivity contribution in [3.8, 4) is 0 Å². The van der Waals surface area contributed by atoms with E-state index in [-0.39, 0.29) is 5.17 Å². The van der Waals surface area contributed by atoms with Crippen LogP contribution in [0.1, 0.15) is 18.1 Å². The van der Waals surface area contributed by atoms with Crippen LogP contribution in [0.2, 0.25) is 0 Å². The van der Waals surface area contributed by atoms with Crippen molar-refractivity contribution in [2.24, 2.45) is 0 Å². The summed E-state index contributed by atoms with van der Waals surface area (Å²) >= 11 is 8.48. The van der Waals surface area contributed by atoms with Gasteiger partial charge in [0, 0.05) is 16.8 Å². The molecule has 1 aromatic rings. The zero-order valence-corrected chi connectivity index (χ0v) is 10.4. The molecule has 0 unspecified atom stereocenters. The van der Waals surface area contributed by atoms with E-state index in [2.05, 4.69) is 15.9 Å². The van der Waals surface area contributed by atoms with Gasteiger partial charge in [0.25, 0.3) is 0 Å². The van der Waals surface area contributed by atoms with Gasteiger partial charge in [0.2, 0.25) is 0 Å². The average molecular weight is 276 g/mol. The smallest absolute Gasteiger partial charge is 0.128 e. The molecule has 1 aromatic carbocycles. The Morgan fingerprint density at radius 1 is 1.14 bits per heavy atom. The second-order valence-electron chi connectivity index (χ2n) is 2.48. The Morgan fingerprint density at radius 2 is 1.57 bits per heavy atom. The number of alkyl halides is 1. The summed E-state index contributed by atoms with van der Waals surface area (Å²) in [5.74, 6) is 1.81. The molecular weight excluding hydrogens is 263 g/mol. The van der Waals surface area contributed by atoms with Crippen LogP contribution in [-0.2, 0) is 0 Å². The van der Waals surface area contributed by atoms with Crippen molar-refractivity contribution < 1.29 is 0 Å². The molecule has 2 N–H and O–H groups in total. The number of nitrogens with one attached hydrogen (secondary N) is 2. The van der Waals surface area contributed by atoms with Gasteiger partial charge in [-0.15, -0.1) is 0 Å². The fourth-order valence-corrected chi connectivity index (χ4v) is 1.17. The number of benzene rings is 1. The van der Waals surface area contributed by atoms with Crippen molar-refractivity contribution in [3.05, 3.63) is 35.4 Å². The van der Waals surface area contributed by atoms with E-state index >= 15 is 0 Å². The zero-order valence-electron chi connectivity index (χ0n) is 8.07. The fraction of sp³-hybridized carbons (Fsp3) is 0.200. The minimum Gasteiger partial charge on any atom is -0.305 e. The molecular formula is C10H12BrClN2. The second kappa shape index (κ2) is 6.74. The molecule has 0 aliphatic carbocycles. The molecule has 14 heavy (non-hydrogen) atoms. The first-order valence-electron chi connectivity index (χ1n) is 3.89. The lowest BCUT2D eigenvalue weighted by molar-refractivity contribution is 1.43. The molecule has 0 fully saturated rings. The molecule has 0 amide bonds. The predicted molar refractivity (Wildman–Crippen MR) is 66.5 cm³/mol. The Labute approximate surface area is 97.4 Å². The van der Waals surface area contributed by atoms with E-state index in [4.69, 9.17) is 22.4 Å². The summed E-state index contributed by atoms with van der Waals surface area (Å²) in [7, 11) is 0. The van der Waals surface area contributed by atoms with Crippen LogP contribution in [0.15, 0.2) is 24.3 Å². The molecule has 0 aliphatic heterocycles. The third-order valence-corrected chi connectivity index (χ3v) is 1.77. The first-order valence-corrected chi connectivity index (χ1v) is 5.86. The van der Waals surface area contributed by atoms with E-state index in [9.17, 15) is 0 Å². The van der Waals surface area contributed by atoms with Gasteiger partial charge in [-0.3, -0.25) is 5.41 Å². The summed E-state index contributed by atoms with van der Waals surface area (Å²) in [4.78, 5) is 0. The van der Waals surface area contributed by atoms with Gasteiger partial charge in [-0.1, -0.05) is 51.8 Å². The third-order valence-electron chi connectivity index (χ3n) is 1.57. The lowest BCUT2D eigenvalue weighted by Crippen LogP contribution is -2.01. The molecule has 76 valence electrons. The summed E-state index contributed by atoms with van der Waals surface area (Å²) in [6.45, 7) is 1.68. The van der Waals surface area contributed by atoms with E-state index in [0.717, 1.165) is 5.56 Å². The maximum Gasteiger partial charge on any atom is 0.128 e. The Hall–Kier alpha value is -0.670. The van der Waals surface area contributed by atoms with Crippen LogP contribution < -0.4 is 0 Å². The van der Waals surface area contributed by atoms with Crippen LogP contribution >= 0.6 is 27.5 Å². The molecule has 0 saturated heterocycles. The summed E-state index contributed by atoms with van der Waals surface area (Å²) in [5.41, 5.74) is 1.76.